The van der Waals surface area contributed by atoms with E-state index in [0.29, 0.717) is 19.5 Å². The average Bonchev–Trinajstić information content (AvgIpc) is 2.45. The third-order valence-corrected chi connectivity index (χ3v) is 3.68. The number of benzene rings is 1. The minimum Gasteiger partial charge on any atom is -0.314 e. The molecule has 0 unspecified atom stereocenters. The highest BCUT2D eigenvalue weighted by molar-refractivity contribution is 5.85. The van der Waals surface area contributed by atoms with E-state index in [-0.39, 0.29) is 30.4 Å². The van der Waals surface area contributed by atoms with Gasteiger partial charge in [0.1, 0.15) is 5.82 Å². The van der Waals surface area contributed by atoms with Gasteiger partial charge in [0.2, 0.25) is 0 Å². The van der Waals surface area contributed by atoms with Crippen molar-refractivity contribution in [3.63, 3.8) is 0 Å². The molecule has 0 saturated carbocycles. The first-order chi connectivity index (χ1) is 9.95. The molecule has 1 aliphatic heterocycles. The van der Waals surface area contributed by atoms with Gasteiger partial charge in [0.25, 0.3) is 0 Å². The highest BCUT2D eigenvalue weighted by Gasteiger charge is 2.36. The van der Waals surface area contributed by atoms with Gasteiger partial charge in [-0.15, -0.1) is 31.4 Å². The quantitative estimate of drug-likeness (QED) is 0.627. The summed E-state index contributed by atoms with van der Waals surface area (Å²) in [5.74, 6) is -1.17. The number of hydrogen-bond donors (Lipinski definition) is 1. The molecule has 1 atom stereocenters. The zero-order chi connectivity index (χ0) is 15.5. The molecular formula is C15H20Cl2F4N2. The van der Waals surface area contributed by atoms with Crippen molar-refractivity contribution >= 4 is 24.8 Å². The van der Waals surface area contributed by atoms with Crippen molar-refractivity contribution in [2.24, 2.45) is 0 Å². The average molecular weight is 375 g/mol. The summed E-state index contributed by atoms with van der Waals surface area (Å²) in [6.07, 6.45) is -2.65. The number of nitrogens with one attached hydrogen (secondary N) is 1. The van der Waals surface area contributed by atoms with Gasteiger partial charge >= 0.3 is 6.18 Å². The third kappa shape index (κ3) is 5.35. The second-order valence-electron chi connectivity index (χ2n) is 5.03. The van der Waals surface area contributed by atoms with Crippen LogP contribution in [0.4, 0.5) is 17.6 Å². The van der Waals surface area contributed by atoms with Crippen LogP contribution in [-0.4, -0.2) is 31.1 Å². The Morgan fingerprint density at radius 2 is 1.83 bits per heavy atom. The number of nitrogens with zero attached hydrogens (tertiary/aromatic N) is 1. The van der Waals surface area contributed by atoms with E-state index in [1.165, 1.54) is 12.1 Å². The van der Waals surface area contributed by atoms with Gasteiger partial charge in [-0.25, -0.2) is 4.39 Å². The van der Waals surface area contributed by atoms with Crippen LogP contribution in [0.3, 0.4) is 0 Å². The van der Waals surface area contributed by atoms with Gasteiger partial charge < -0.3 is 5.32 Å². The van der Waals surface area contributed by atoms with Crippen LogP contribution in [0, 0.1) is 5.82 Å². The summed E-state index contributed by atoms with van der Waals surface area (Å²) in [7, 11) is 0. The molecule has 1 aromatic rings. The van der Waals surface area contributed by atoms with Crippen molar-refractivity contribution in [1.29, 1.82) is 0 Å². The predicted molar refractivity (Wildman–Crippen MR) is 87.9 cm³/mol. The molecule has 0 aromatic heterocycles. The second kappa shape index (κ2) is 9.47. The van der Waals surface area contributed by atoms with Crippen LogP contribution in [0.25, 0.3) is 0 Å². The lowest BCUT2D eigenvalue weighted by Crippen LogP contribution is -2.45. The topological polar surface area (TPSA) is 15.3 Å². The standard InChI is InChI=1S/C15H18F4N2.2ClH/c1-2-4-13(21-9-7-20-8-10-21)11-5-3-6-12(14(11)16)15(17,18)19;;/h2-3,5-6,13,20H,1,4,7-10H2;2*1H/t13-;;/m1../s1. The van der Waals surface area contributed by atoms with E-state index in [1.807, 2.05) is 4.90 Å². The molecule has 2 nitrogen and oxygen atoms in total. The Labute approximate surface area is 145 Å². The predicted octanol–water partition coefficient (Wildman–Crippen LogP) is 4.21. The van der Waals surface area contributed by atoms with E-state index < -0.39 is 23.6 Å². The molecule has 0 amide bonds. The minimum absolute atomic E-state index is 0. The molecule has 1 N–H and O–H groups in total. The smallest absolute Gasteiger partial charge is 0.314 e. The van der Waals surface area contributed by atoms with Crippen molar-refractivity contribution in [1.82, 2.24) is 10.2 Å². The lowest BCUT2D eigenvalue weighted by molar-refractivity contribution is -0.140. The maximum atomic E-state index is 14.3. The Balaban J connectivity index is 0.00000242. The Morgan fingerprint density at radius 1 is 1.22 bits per heavy atom. The van der Waals surface area contributed by atoms with E-state index in [0.717, 1.165) is 19.2 Å². The first kappa shape index (κ1) is 22.2. The highest BCUT2D eigenvalue weighted by atomic mass is 35.5. The number of piperazine rings is 1. The van der Waals surface area contributed by atoms with Gasteiger partial charge in [-0.2, -0.15) is 13.2 Å². The molecule has 1 heterocycles. The molecule has 0 radical (unpaired) electrons. The van der Waals surface area contributed by atoms with Crippen molar-refractivity contribution in [2.75, 3.05) is 26.2 Å². The van der Waals surface area contributed by atoms with E-state index in [9.17, 15) is 17.6 Å². The fourth-order valence-electron chi connectivity index (χ4n) is 2.65. The lowest BCUT2D eigenvalue weighted by Gasteiger charge is -2.35. The summed E-state index contributed by atoms with van der Waals surface area (Å²) < 4.78 is 52.8. The van der Waals surface area contributed by atoms with Crippen LogP contribution in [0.5, 0.6) is 0 Å². The highest BCUT2D eigenvalue weighted by Crippen LogP contribution is 2.36. The molecule has 0 spiro atoms. The van der Waals surface area contributed by atoms with Crippen LogP contribution >= 0.6 is 24.8 Å². The molecule has 0 aliphatic carbocycles. The summed E-state index contributed by atoms with van der Waals surface area (Å²) >= 11 is 0. The summed E-state index contributed by atoms with van der Waals surface area (Å²) in [5, 5.41) is 3.17. The fourth-order valence-corrected chi connectivity index (χ4v) is 2.65. The third-order valence-electron chi connectivity index (χ3n) is 3.68. The first-order valence-electron chi connectivity index (χ1n) is 6.86. The van der Waals surface area contributed by atoms with E-state index in [1.54, 1.807) is 6.08 Å². The van der Waals surface area contributed by atoms with Crippen molar-refractivity contribution < 1.29 is 17.6 Å². The lowest BCUT2D eigenvalue weighted by atomic mass is 9.98. The number of rotatable bonds is 4. The Kier molecular flexibility index (Phi) is 9.13. The Morgan fingerprint density at radius 3 is 2.35 bits per heavy atom. The molecule has 1 aliphatic rings. The van der Waals surface area contributed by atoms with E-state index in [2.05, 4.69) is 11.9 Å². The largest absolute Gasteiger partial charge is 0.419 e. The molecular weight excluding hydrogens is 355 g/mol. The minimum atomic E-state index is -4.68. The molecule has 8 heteroatoms. The zero-order valence-electron chi connectivity index (χ0n) is 12.4. The molecule has 0 bridgehead atoms. The molecule has 1 aromatic carbocycles. The SMILES string of the molecule is C=CC[C@H](c1cccc(C(F)(F)F)c1F)N1CCNCC1.Cl.Cl. The number of halogens is 6. The van der Waals surface area contributed by atoms with Crippen LogP contribution in [0.2, 0.25) is 0 Å². The normalized spacial score (nSPS) is 16.9. The van der Waals surface area contributed by atoms with Crippen molar-refractivity contribution in [2.45, 2.75) is 18.6 Å². The molecule has 1 fully saturated rings. The molecule has 2 rings (SSSR count). The van der Waals surface area contributed by atoms with E-state index >= 15 is 0 Å². The Hall–Kier alpha value is -0.820. The van der Waals surface area contributed by atoms with Gasteiger partial charge in [-0.05, 0) is 12.5 Å². The molecule has 132 valence electrons. The first-order valence-corrected chi connectivity index (χ1v) is 6.86. The zero-order valence-corrected chi connectivity index (χ0v) is 14.0. The maximum absolute atomic E-state index is 14.3. The summed E-state index contributed by atoms with van der Waals surface area (Å²) in [5.41, 5.74) is -1.11. The van der Waals surface area contributed by atoms with Gasteiger partial charge in [0.05, 0.1) is 5.56 Å². The van der Waals surface area contributed by atoms with E-state index in [4.69, 9.17) is 0 Å². The van der Waals surface area contributed by atoms with Crippen LogP contribution in [0.15, 0.2) is 30.9 Å². The Bertz CT molecular complexity index is 503. The number of alkyl halides is 3. The fraction of sp³-hybridized carbons (Fsp3) is 0.467. The van der Waals surface area contributed by atoms with Gasteiger partial charge in [-0.3, -0.25) is 4.90 Å². The molecule has 1 saturated heterocycles. The van der Waals surface area contributed by atoms with Crippen molar-refractivity contribution in [3.05, 3.63) is 47.8 Å². The number of hydrogen-bond acceptors (Lipinski definition) is 2. The summed E-state index contributed by atoms with van der Waals surface area (Å²) in [4.78, 5) is 2.00. The summed E-state index contributed by atoms with van der Waals surface area (Å²) in [6.45, 7) is 6.47. The van der Waals surface area contributed by atoms with Crippen molar-refractivity contribution in [3.8, 4) is 0 Å². The summed E-state index contributed by atoms with van der Waals surface area (Å²) in [6, 6.07) is 3.06. The van der Waals surface area contributed by atoms with Gasteiger partial charge in [0, 0.05) is 37.8 Å². The van der Waals surface area contributed by atoms with Crippen LogP contribution in [-0.2, 0) is 6.18 Å². The second-order valence-corrected chi connectivity index (χ2v) is 5.03. The van der Waals surface area contributed by atoms with Gasteiger partial charge in [-0.1, -0.05) is 18.2 Å². The molecule has 23 heavy (non-hydrogen) atoms. The van der Waals surface area contributed by atoms with Crippen LogP contribution in [0.1, 0.15) is 23.6 Å². The van der Waals surface area contributed by atoms with Crippen LogP contribution < -0.4 is 5.32 Å². The maximum Gasteiger partial charge on any atom is 0.419 e. The van der Waals surface area contributed by atoms with Gasteiger partial charge in [0.15, 0.2) is 0 Å². The monoisotopic (exact) mass is 374 g/mol.